The normalized spacial score (nSPS) is 13.2. The van der Waals surface area contributed by atoms with Crippen LogP contribution >= 0.6 is 11.8 Å². The Balaban J connectivity index is 2.53. The third-order valence-electron chi connectivity index (χ3n) is 2.27. The molecule has 1 rings (SSSR count). The quantitative estimate of drug-likeness (QED) is 0.744. The molecule has 0 saturated heterocycles. The topological polar surface area (TPSA) is 26.0 Å². The summed E-state index contributed by atoms with van der Waals surface area (Å²) in [5.41, 5.74) is 2.30. The fourth-order valence-corrected chi connectivity index (χ4v) is 2.15. The smallest absolute Gasteiger partial charge is 0.137 e. The van der Waals surface area contributed by atoms with E-state index in [0.717, 1.165) is 17.2 Å². The minimum atomic E-state index is 0.716. The summed E-state index contributed by atoms with van der Waals surface area (Å²) in [5.74, 6) is 1.99. The third-order valence-corrected chi connectivity index (χ3v) is 3.63. The average molecular weight is 199 g/mol. The molecule has 0 fully saturated rings. The van der Waals surface area contributed by atoms with Crippen molar-refractivity contribution in [3.05, 3.63) is 17.0 Å². The highest BCUT2D eigenvalue weighted by Crippen LogP contribution is 2.23. The van der Waals surface area contributed by atoms with Crippen LogP contribution in [-0.2, 0) is 5.75 Å². The molecule has 74 valence electrons. The van der Waals surface area contributed by atoms with E-state index in [0.29, 0.717) is 5.25 Å². The largest absolute Gasteiger partial charge is 0.361 e. The van der Waals surface area contributed by atoms with Gasteiger partial charge in [0, 0.05) is 16.6 Å². The van der Waals surface area contributed by atoms with Crippen molar-refractivity contribution in [1.29, 1.82) is 0 Å². The molecule has 3 heteroatoms. The molecule has 0 aromatic carbocycles. The Labute approximate surface area is 84.1 Å². The van der Waals surface area contributed by atoms with Crippen LogP contribution in [0.3, 0.4) is 0 Å². The Kier molecular flexibility index (Phi) is 3.85. The van der Waals surface area contributed by atoms with Crippen LogP contribution in [0.1, 0.15) is 37.3 Å². The molecule has 0 N–H and O–H groups in total. The summed E-state index contributed by atoms with van der Waals surface area (Å²) in [6, 6.07) is 0. The number of rotatable bonds is 4. The van der Waals surface area contributed by atoms with Gasteiger partial charge >= 0.3 is 0 Å². The maximum Gasteiger partial charge on any atom is 0.137 e. The Morgan fingerprint density at radius 1 is 1.46 bits per heavy atom. The van der Waals surface area contributed by atoms with Gasteiger partial charge in [-0.05, 0) is 20.3 Å². The molecule has 0 aliphatic rings. The van der Waals surface area contributed by atoms with Gasteiger partial charge in [0.15, 0.2) is 0 Å². The van der Waals surface area contributed by atoms with Crippen molar-refractivity contribution in [2.75, 3.05) is 0 Å². The average Bonchev–Trinajstić information content (AvgIpc) is 2.43. The van der Waals surface area contributed by atoms with Crippen LogP contribution in [0.5, 0.6) is 0 Å². The maximum absolute atomic E-state index is 5.10. The molecule has 1 aromatic heterocycles. The van der Waals surface area contributed by atoms with Crippen LogP contribution in [0.2, 0.25) is 0 Å². The number of nitrogens with zero attached hydrogens (tertiary/aromatic N) is 1. The first-order valence-electron chi connectivity index (χ1n) is 4.68. The Morgan fingerprint density at radius 2 is 2.15 bits per heavy atom. The molecule has 0 amide bonds. The summed E-state index contributed by atoms with van der Waals surface area (Å²) in [7, 11) is 0. The van der Waals surface area contributed by atoms with Gasteiger partial charge in [0.2, 0.25) is 0 Å². The van der Waals surface area contributed by atoms with E-state index in [2.05, 4.69) is 19.0 Å². The lowest BCUT2D eigenvalue weighted by molar-refractivity contribution is 0.392. The van der Waals surface area contributed by atoms with Gasteiger partial charge in [0.25, 0.3) is 0 Å². The Bertz CT molecular complexity index is 250. The number of hydrogen-bond donors (Lipinski definition) is 0. The zero-order valence-corrected chi connectivity index (χ0v) is 9.57. The van der Waals surface area contributed by atoms with Crippen molar-refractivity contribution in [1.82, 2.24) is 5.16 Å². The molecule has 13 heavy (non-hydrogen) atoms. The van der Waals surface area contributed by atoms with E-state index in [4.69, 9.17) is 4.52 Å². The fraction of sp³-hybridized carbons (Fsp3) is 0.700. The summed E-state index contributed by atoms with van der Waals surface area (Å²) in [6.07, 6.45) is 1.22. The first kappa shape index (κ1) is 10.6. The van der Waals surface area contributed by atoms with E-state index in [1.165, 1.54) is 12.0 Å². The molecule has 0 saturated carbocycles. The van der Waals surface area contributed by atoms with Crippen molar-refractivity contribution in [3.8, 4) is 0 Å². The van der Waals surface area contributed by atoms with E-state index in [9.17, 15) is 0 Å². The Morgan fingerprint density at radius 3 is 2.62 bits per heavy atom. The molecule has 0 spiro atoms. The van der Waals surface area contributed by atoms with E-state index in [1.807, 2.05) is 25.6 Å². The molecule has 2 nitrogen and oxygen atoms in total. The molecule has 0 aliphatic heterocycles. The number of aromatic nitrogens is 1. The second kappa shape index (κ2) is 4.70. The SMILES string of the molecule is CCC(C)SCc1c(C)noc1C. The van der Waals surface area contributed by atoms with Crippen LogP contribution < -0.4 is 0 Å². The molecule has 1 heterocycles. The highest BCUT2D eigenvalue weighted by Gasteiger charge is 2.09. The summed E-state index contributed by atoms with van der Waals surface area (Å²) in [5, 5.41) is 4.65. The first-order valence-corrected chi connectivity index (χ1v) is 5.73. The van der Waals surface area contributed by atoms with Crippen LogP contribution in [0.4, 0.5) is 0 Å². The molecule has 1 atom stereocenters. The summed E-state index contributed by atoms with van der Waals surface area (Å²) >= 11 is 1.96. The van der Waals surface area contributed by atoms with Crippen molar-refractivity contribution < 1.29 is 4.52 Å². The van der Waals surface area contributed by atoms with E-state index in [1.54, 1.807) is 0 Å². The van der Waals surface area contributed by atoms with Crippen LogP contribution in [-0.4, -0.2) is 10.4 Å². The minimum Gasteiger partial charge on any atom is -0.361 e. The third kappa shape index (κ3) is 2.76. The molecular formula is C10H17NOS. The van der Waals surface area contributed by atoms with Crippen molar-refractivity contribution in [3.63, 3.8) is 0 Å². The number of hydrogen-bond acceptors (Lipinski definition) is 3. The lowest BCUT2D eigenvalue weighted by atomic mass is 10.2. The zero-order chi connectivity index (χ0) is 9.84. The van der Waals surface area contributed by atoms with Gasteiger partial charge in [0.05, 0.1) is 5.69 Å². The van der Waals surface area contributed by atoms with Gasteiger partial charge < -0.3 is 4.52 Å². The highest BCUT2D eigenvalue weighted by atomic mass is 32.2. The molecule has 0 aliphatic carbocycles. The molecule has 0 bridgehead atoms. The van der Waals surface area contributed by atoms with Gasteiger partial charge in [-0.25, -0.2) is 0 Å². The van der Waals surface area contributed by atoms with Crippen molar-refractivity contribution >= 4 is 11.8 Å². The fourth-order valence-electron chi connectivity index (χ4n) is 1.05. The number of aryl methyl sites for hydroxylation is 2. The van der Waals surface area contributed by atoms with Gasteiger partial charge in [-0.15, -0.1) is 0 Å². The standard InChI is InChI=1S/C10H17NOS/c1-5-7(2)13-6-10-8(3)11-12-9(10)4/h7H,5-6H2,1-4H3. The van der Waals surface area contributed by atoms with Crippen LogP contribution in [0, 0.1) is 13.8 Å². The van der Waals surface area contributed by atoms with Gasteiger partial charge in [0.1, 0.15) is 5.76 Å². The lowest BCUT2D eigenvalue weighted by Crippen LogP contribution is -1.94. The first-order chi connectivity index (χ1) is 6.15. The lowest BCUT2D eigenvalue weighted by Gasteiger charge is -2.06. The van der Waals surface area contributed by atoms with Gasteiger partial charge in [-0.1, -0.05) is 19.0 Å². The number of thioether (sulfide) groups is 1. The van der Waals surface area contributed by atoms with Gasteiger partial charge in [-0.3, -0.25) is 0 Å². The van der Waals surface area contributed by atoms with E-state index >= 15 is 0 Å². The van der Waals surface area contributed by atoms with Crippen molar-refractivity contribution in [2.24, 2.45) is 0 Å². The highest BCUT2D eigenvalue weighted by molar-refractivity contribution is 7.99. The van der Waals surface area contributed by atoms with Crippen molar-refractivity contribution in [2.45, 2.75) is 45.1 Å². The second-order valence-corrected chi connectivity index (χ2v) is 4.76. The zero-order valence-electron chi connectivity index (χ0n) is 8.76. The predicted molar refractivity (Wildman–Crippen MR) is 57.0 cm³/mol. The van der Waals surface area contributed by atoms with Crippen LogP contribution in [0.15, 0.2) is 4.52 Å². The molecule has 0 radical (unpaired) electrons. The van der Waals surface area contributed by atoms with E-state index < -0.39 is 0 Å². The molecule has 1 aromatic rings. The minimum absolute atomic E-state index is 0.716. The molecular weight excluding hydrogens is 182 g/mol. The van der Waals surface area contributed by atoms with Crippen LogP contribution in [0.25, 0.3) is 0 Å². The Hall–Kier alpha value is -0.440. The predicted octanol–water partition coefficient (Wildman–Crippen LogP) is 3.32. The second-order valence-electron chi connectivity index (χ2n) is 3.33. The van der Waals surface area contributed by atoms with E-state index in [-0.39, 0.29) is 0 Å². The molecule has 1 unspecified atom stereocenters. The summed E-state index contributed by atoms with van der Waals surface area (Å²) in [6.45, 7) is 8.45. The monoisotopic (exact) mass is 199 g/mol. The summed E-state index contributed by atoms with van der Waals surface area (Å²) < 4.78 is 5.10. The summed E-state index contributed by atoms with van der Waals surface area (Å²) in [4.78, 5) is 0. The maximum atomic E-state index is 5.10. The van der Waals surface area contributed by atoms with Gasteiger partial charge in [-0.2, -0.15) is 11.8 Å².